The van der Waals surface area contributed by atoms with Gasteiger partial charge in [-0.25, -0.2) is 0 Å². The van der Waals surface area contributed by atoms with E-state index in [0.29, 0.717) is 0 Å². The summed E-state index contributed by atoms with van der Waals surface area (Å²) < 4.78 is 0. The van der Waals surface area contributed by atoms with Crippen LogP contribution in [-0.4, -0.2) is 11.0 Å². The zero-order chi connectivity index (χ0) is 12.5. The van der Waals surface area contributed by atoms with Crippen molar-refractivity contribution in [2.75, 3.05) is 5.32 Å². The number of carbonyl (C=O) groups excluding carboxylic acids is 1. The van der Waals surface area contributed by atoms with Gasteiger partial charge in [0.25, 0.3) is 0 Å². The number of phenolic OH excluding ortho intramolecular Hbond substituents is 1. The van der Waals surface area contributed by atoms with Crippen molar-refractivity contribution in [2.24, 2.45) is 5.41 Å². The average molecular weight is 262 g/mol. The molecule has 0 unspecified atom stereocenters. The largest absolute Gasteiger partial charge is 0.504 e. The molecular weight excluding hydrogens is 249 g/mol. The fraction of sp³-hybridized carbons (Fsp3) is 0.364. The third-order valence-electron chi connectivity index (χ3n) is 2.00. The average Bonchev–Trinajstić information content (AvgIpc) is 2.17. The maximum atomic E-state index is 11.7. The second-order valence-electron chi connectivity index (χ2n) is 4.46. The number of amides is 1. The molecule has 0 aromatic heterocycles. The molecule has 0 fully saturated rings. The Kier molecular flexibility index (Phi) is 3.71. The molecule has 3 nitrogen and oxygen atoms in total. The highest BCUT2D eigenvalue weighted by Gasteiger charge is 2.22. The molecule has 0 aliphatic carbocycles. The van der Waals surface area contributed by atoms with Crippen LogP contribution in [0.15, 0.2) is 12.1 Å². The van der Waals surface area contributed by atoms with Crippen LogP contribution in [0, 0.1) is 5.41 Å². The Bertz CT molecular complexity index is 425. The topological polar surface area (TPSA) is 49.3 Å². The smallest absolute Gasteiger partial charge is 0.229 e. The standard InChI is InChI=1S/C11H13Cl2NO2/c1-11(2,3)10(16)14-7-5-4-6(12)8(13)9(7)15/h4-5,15H,1-3H3,(H,14,16). The van der Waals surface area contributed by atoms with E-state index in [2.05, 4.69) is 5.32 Å². The molecule has 0 aliphatic rings. The fourth-order valence-corrected chi connectivity index (χ4v) is 1.27. The van der Waals surface area contributed by atoms with Crippen LogP contribution in [0.1, 0.15) is 20.8 Å². The van der Waals surface area contributed by atoms with Gasteiger partial charge in [-0.05, 0) is 12.1 Å². The maximum absolute atomic E-state index is 11.7. The predicted octanol–water partition coefficient (Wildman–Crippen LogP) is 3.68. The van der Waals surface area contributed by atoms with Gasteiger partial charge >= 0.3 is 0 Å². The molecule has 0 atom stereocenters. The van der Waals surface area contributed by atoms with Crippen molar-refractivity contribution < 1.29 is 9.90 Å². The minimum Gasteiger partial charge on any atom is -0.504 e. The van der Waals surface area contributed by atoms with Crippen molar-refractivity contribution in [1.29, 1.82) is 0 Å². The summed E-state index contributed by atoms with van der Waals surface area (Å²) in [4.78, 5) is 11.7. The van der Waals surface area contributed by atoms with E-state index in [1.165, 1.54) is 12.1 Å². The van der Waals surface area contributed by atoms with Crippen molar-refractivity contribution in [2.45, 2.75) is 20.8 Å². The van der Waals surface area contributed by atoms with Crippen LogP contribution in [0.2, 0.25) is 10.0 Å². The molecule has 2 N–H and O–H groups in total. The molecule has 1 aromatic rings. The Labute approximate surface area is 104 Å². The monoisotopic (exact) mass is 261 g/mol. The zero-order valence-corrected chi connectivity index (χ0v) is 10.8. The van der Waals surface area contributed by atoms with Crippen LogP contribution in [0.3, 0.4) is 0 Å². The Morgan fingerprint density at radius 3 is 2.38 bits per heavy atom. The van der Waals surface area contributed by atoms with Gasteiger partial charge in [0, 0.05) is 5.41 Å². The maximum Gasteiger partial charge on any atom is 0.229 e. The summed E-state index contributed by atoms with van der Waals surface area (Å²) in [7, 11) is 0. The summed E-state index contributed by atoms with van der Waals surface area (Å²) in [6.45, 7) is 5.32. The molecule has 0 spiro atoms. The Morgan fingerprint density at radius 1 is 1.31 bits per heavy atom. The second-order valence-corrected chi connectivity index (χ2v) is 5.25. The van der Waals surface area contributed by atoms with Crippen LogP contribution in [0.25, 0.3) is 0 Å². The SMILES string of the molecule is CC(C)(C)C(=O)Nc1ccc(Cl)c(Cl)c1O. The number of benzene rings is 1. The van der Waals surface area contributed by atoms with E-state index in [0.717, 1.165) is 0 Å². The molecule has 5 heteroatoms. The summed E-state index contributed by atoms with van der Waals surface area (Å²) in [5.74, 6) is -0.423. The van der Waals surface area contributed by atoms with Crippen LogP contribution in [0.4, 0.5) is 5.69 Å². The molecule has 88 valence electrons. The summed E-state index contributed by atoms with van der Waals surface area (Å²) in [5.41, 5.74) is -0.284. The lowest BCUT2D eigenvalue weighted by molar-refractivity contribution is -0.123. The third-order valence-corrected chi connectivity index (χ3v) is 2.79. The quantitative estimate of drug-likeness (QED) is 0.758. The molecule has 0 radical (unpaired) electrons. The zero-order valence-electron chi connectivity index (χ0n) is 9.27. The van der Waals surface area contributed by atoms with Crippen molar-refractivity contribution >= 4 is 34.8 Å². The molecule has 0 saturated carbocycles. The van der Waals surface area contributed by atoms with Gasteiger partial charge < -0.3 is 10.4 Å². The summed E-state index contributed by atoms with van der Waals surface area (Å²) in [6.07, 6.45) is 0. The van der Waals surface area contributed by atoms with E-state index < -0.39 is 5.41 Å². The van der Waals surface area contributed by atoms with Gasteiger partial charge in [0.1, 0.15) is 5.02 Å². The first-order valence-electron chi connectivity index (χ1n) is 4.72. The number of hydrogen-bond donors (Lipinski definition) is 2. The van der Waals surface area contributed by atoms with E-state index in [1.54, 1.807) is 20.8 Å². The van der Waals surface area contributed by atoms with Gasteiger partial charge in [0.15, 0.2) is 5.75 Å². The number of aromatic hydroxyl groups is 1. The van der Waals surface area contributed by atoms with Crippen LogP contribution in [0.5, 0.6) is 5.75 Å². The van der Waals surface area contributed by atoms with Crippen LogP contribution < -0.4 is 5.32 Å². The Morgan fingerprint density at radius 2 is 1.88 bits per heavy atom. The van der Waals surface area contributed by atoms with Gasteiger partial charge in [-0.2, -0.15) is 0 Å². The van der Waals surface area contributed by atoms with Crippen molar-refractivity contribution in [1.82, 2.24) is 0 Å². The normalized spacial score (nSPS) is 11.3. The highest BCUT2D eigenvalue weighted by atomic mass is 35.5. The van der Waals surface area contributed by atoms with Gasteiger partial charge in [0.2, 0.25) is 5.91 Å². The molecule has 1 aromatic carbocycles. The lowest BCUT2D eigenvalue weighted by Gasteiger charge is -2.18. The van der Waals surface area contributed by atoms with Gasteiger partial charge in [-0.3, -0.25) is 4.79 Å². The number of nitrogens with one attached hydrogen (secondary N) is 1. The minimum atomic E-state index is -0.543. The number of halogens is 2. The Balaban J connectivity index is 3.00. The lowest BCUT2D eigenvalue weighted by atomic mass is 9.95. The molecule has 1 rings (SSSR count). The second kappa shape index (κ2) is 4.52. The van der Waals surface area contributed by atoms with Gasteiger partial charge in [-0.1, -0.05) is 44.0 Å². The summed E-state index contributed by atoms with van der Waals surface area (Å²) in [5, 5.41) is 12.5. The van der Waals surface area contributed by atoms with E-state index in [1.807, 2.05) is 0 Å². The number of anilines is 1. The molecule has 0 aliphatic heterocycles. The van der Waals surface area contributed by atoms with E-state index in [4.69, 9.17) is 23.2 Å². The number of phenols is 1. The summed E-state index contributed by atoms with van der Waals surface area (Å²) in [6, 6.07) is 3.02. The molecule has 16 heavy (non-hydrogen) atoms. The first-order chi connectivity index (χ1) is 7.23. The van der Waals surface area contributed by atoms with E-state index in [9.17, 15) is 9.90 Å². The number of carbonyl (C=O) groups is 1. The first kappa shape index (κ1) is 13.1. The number of hydrogen-bond acceptors (Lipinski definition) is 2. The van der Waals surface area contributed by atoms with E-state index in [-0.39, 0.29) is 27.4 Å². The lowest BCUT2D eigenvalue weighted by Crippen LogP contribution is -2.27. The summed E-state index contributed by atoms with van der Waals surface area (Å²) >= 11 is 11.5. The highest BCUT2D eigenvalue weighted by Crippen LogP contribution is 2.37. The van der Waals surface area contributed by atoms with Crippen molar-refractivity contribution in [3.63, 3.8) is 0 Å². The van der Waals surface area contributed by atoms with E-state index >= 15 is 0 Å². The predicted molar refractivity (Wildman–Crippen MR) is 66.2 cm³/mol. The van der Waals surface area contributed by atoms with Gasteiger partial charge in [0.05, 0.1) is 10.7 Å². The molecule has 0 bridgehead atoms. The molecule has 1 amide bonds. The first-order valence-corrected chi connectivity index (χ1v) is 5.47. The molecule has 0 heterocycles. The minimum absolute atomic E-state index is 0.0355. The highest BCUT2D eigenvalue weighted by molar-refractivity contribution is 6.43. The van der Waals surface area contributed by atoms with Crippen molar-refractivity contribution in [3.05, 3.63) is 22.2 Å². The molecule has 0 saturated heterocycles. The van der Waals surface area contributed by atoms with Crippen LogP contribution >= 0.6 is 23.2 Å². The van der Waals surface area contributed by atoms with Gasteiger partial charge in [-0.15, -0.1) is 0 Å². The Hall–Kier alpha value is -0.930. The third kappa shape index (κ3) is 2.80. The number of rotatable bonds is 1. The van der Waals surface area contributed by atoms with Crippen molar-refractivity contribution in [3.8, 4) is 5.75 Å². The molecular formula is C11H13Cl2NO2. The fourth-order valence-electron chi connectivity index (χ4n) is 0.951. The van der Waals surface area contributed by atoms with Crippen LogP contribution in [-0.2, 0) is 4.79 Å².